The maximum atomic E-state index is 13.5. The van der Waals surface area contributed by atoms with Gasteiger partial charge >= 0.3 is 6.03 Å². The van der Waals surface area contributed by atoms with Gasteiger partial charge in [-0.05, 0) is 41.5 Å². The molecule has 0 aliphatic carbocycles. The van der Waals surface area contributed by atoms with Crippen LogP contribution in [0.3, 0.4) is 0 Å². The smallest absolute Gasteiger partial charge is 0.319 e. The van der Waals surface area contributed by atoms with Crippen LogP contribution >= 0.6 is 0 Å². The SMILES string of the molecule is CCCCCCCNC(=O)Nc1ccc(OC)cc1NC(=O)c1cc(C(C)(C)C)c(O)c(C(C)(C)C)c1. The molecular formula is C30H45N3O4. The number of amides is 3. The zero-order valence-corrected chi connectivity index (χ0v) is 23.8. The second-order valence-corrected chi connectivity index (χ2v) is 11.6. The highest BCUT2D eigenvalue weighted by Crippen LogP contribution is 2.40. The van der Waals surface area contributed by atoms with Crippen molar-refractivity contribution in [1.29, 1.82) is 0 Å². The van der Waals surface area contributed by atoms with Gasteiger partial charge in [0.1, 0.15) is 11.5 Å². The highest BCUT2D eigenvalue weighted by Gasteiger charge is 2.28. The van der Waals surface area contributed by atoms with Crippen molar-refractivity contribution in [3.05, 3.63) is 47.0 Å². The first-order valence-electron chi connectivity index (χ1n) is 13.2. The lowest BCUT2D eigenvalue weighted by atomic mass is 9.78. The first-order valence-corrected chi connectivity index (χ1v) is 13.2. The van der Waals surface area contributed by atoms with E-state index in [1.165, 1.54) is 19.3 Å². The number of phenols is 1. The topological polar surface area (TPSA) is 99.7 Å². The molecule has 4 N–H and O–H groups in total. The molecule has 37 heavy (non-hydrogen) atoms. The molecule has 204 valence electrons. The number of rotatable bonds is 10. The van der Waals surface area contributed by atoms with Crippen LogP contribution in [0.15, 0.2) is 30.3 Å². The van der Waals surface area contributed by atoms with Gasteiger partial charge in [0.15, 0.2) is 0 Å². The average molecular weight is 512 g/mol. The van der Waals surface area contributed by atoms with E-state index in [4.69, 9.17) is 4.74 Å². The maximum Gasteiger partial charge on any atom is 0.319 e. The fourth-order valence-electron chi connectivity index (χ4n) is 4.06. The molecular weight excluding hydrogens is 466 g/mol. The third-order valence-electron chi connectivity index (χ3n) is 6.28. The van der Waals surface area contributed by atoms with E-state index in [9.17, 15) is 14.7 Å². The number of phenolic OH excluding ortho intramolecular Hbond substituents is 1. The van der Waals surface area contributed by atoms with Gasteiger partial charge in [-0.15, -0.1) is 0 Å². The number of aromatic hydroxyl groups is 1. The quantitative estimate of drug-likeness (QED) is 0.251. The summed E-state index contributed by atoms with van der Waals surface area (Å²) in [5.41, 5.74) is 1.99. The standard InChI is InChI=1S/C30H45N3O4/c1-9-10-11-12-13-16-31-28(36)33-24-15-14-21(37-8)19-25(24)32-27(35)20-17-22(29(2,3)4)26(34)23(18-20)30(5,6)7/h14-15,17-19,34H,9-13,16H2,1-8H3,(H,32,35)(H2,31,33,36). The molecule has 0 fully saturated rings. The van der Waals surface area contributed by atoms with Gasteiger partial charge in [0, 0.05) is 29.3 Å². The minimum atomic E-state index is -0.363. The third kappa shape index (κ3) is 8.69. The van der Waals surface area contributed by atoms with Crippen molar-refractivity contribution in [2.75, 3.05) is 24.3 Å². The van der Waals surface area contributed by atoms with Crippen molar-refractivity contribution >= 4 is 23.3 Å². The molecule has 2 aromatic carbocycles. The first kappa shape index (κ1) is 30.0. The van der Waals surface area contributed by atoms with Crippen LogP contribution in [-0.4, -0.2) is 30.7 Å². The summed E-state index contributed by atoms with van der Waals surface area (Å²) in [7, 11) is 1.55. The fraction of sp³-hybridized carbons (Fsp3) is 0.533. The van der Waals surface area contributed by atoms with Crippen molar-refractivity contribution in [3.8, 4) is 11.5 Å². The lowest BCUT2D eigenvalue weighted by Crippen LogP contribution is -2.30. The van der Waals surface area contributed by atoms with Crippen LogP contribution in [0.4, 0.5) is 16.2 Å². The number of ether oxygens (including phenoxy) is 1. The summed E-state index contributed by atoms with van der Waals surface area (Å²) in [5, 5.41) is 19.6. The first-order chi connectivity index (χ1) is 17.3. The van der Waals surface area contributed by atoms with Gasteiger partial charge in [-0.1, -0.05) is 74.1 Å². The second-order valence-electron chi connectivity index (χ2n) is 11.6. The van der Waals surface area contributed by atoms with E-state index in [0.717, 1.165) is 12.8 Å². The molecule has 0 saturated heterocycles. The molecule has 0 bridgehead atoms. The van der Waals surface area contributed by atoms with E-state index in [1.807, 2.05) is 41.5 Å². The molecule has 0 spiro atoms. The van der Waals surface area contributed by atoms with Crippen LogP contribution in [-0.2, 0) is 10.8 Å². The molecule has 0 aromatic heterocycles. The van der Waals surface area contributed by atoms with E-state index in [2.05, 4.69) is 22.9 Å². The number of carbonyl (C=O) groups is 2. The van der Waals surface area contributed by atoms with Crippen LogP contribution in [0.1, 0.15) is 102 Å². The molecule has 7 nitrogen and oxygen atoms in total. The monoisotopic (exact) mass is 511 g/mol. The molecule has 0 aliphatic heterocycles. The minimum Gasteiger partial charge on any atom is -0.507 e. The number of methoxy groups -OCH3 is 1. The Labute approximate surface area is 222 Å². The van der Waals surface area contributed by atoms with Gasteiger partial charge in [0.2, 0.25) is 0 Å². The van der Waals surface area contributed by atoms with Crippen LogP contribution in [0, 0.1) is 0 Å². The van der Waals surface area contributed by atoms with Crippen molar-refractivity contribution in [2.24, 2.45) is 0 Å². The van der Waals surface area contributed by atoms with Gasteiger partial charge in [0.05, 0.1) is 18.5 Å². The number of hydrogen-bond acceptors (Lipinski definition) is 4. The number of hydrogen-bond donors (Lipinski definition) is 4. The number of anilines is 2. The normalized spacial score (nSPS) is 11.7. The summed E-state index contributed by atoms with van der Waals surface area (Å²) in [6.07, 6.45) is 5.56. The molecule has 0 radical (unpaired) electrons. The Bertz CT molecular complexity index is 1050. The predicted molar refractivity (Wildman–Crippen MR) is 152 cm³/mol. The van der Waals surface area contributed by atoms with Gasteiger partial charge in [-0.2, -0.15) is 0 Å². The van der Waals surface area contributed by atoms with Crippen LogP contribution in [0.25, 0.3) is 0 Å². The summed E-state index contributed by atoms with van der Waals surface area (Å²) in [6.45, 7) is 14.8. The van der Waals surface area contributed by atoms with Crippen LogP contribution in [0.2, 0.25) is 0 Å². The second kappa shape index (κ2) is 12.8. The molecule has 2 rings (SSSR count). The highest BCUT2D eigenvalue weighted by atomic mass is 16.5. The summed E-state index contributed by atoms with van der Waals surface area (Å²) < 4.78 is 5.34. The van der Waals surface area contributed by atoms with E-state index in [0.29, 0.717) is 40.4 Å². The van der Waals surface area contributed by atoms with Gasteiger partial charge in [-0.3, -0.25) is 4.79 Å². The van der Waals surface area contributed by atoms with E-state index in [-0.39, 0.29) is 28.5 Å². The predicted octanol–water partition coefficient (Wildman–Crippen LogP) is 7.34. The summed E-state index contributed by atoms with van der Waals surface area (Å²) in [6, 6.07) is 8.25. The van der Waals surface area contributed by atoms with Gasteiger partial charge < -0.3 is 25.8 Å². The Hall–Kier alpha value is -3.22. The Balaban J connectivity index is 2.29. The van der Waals surface area contributed by atoms with Crippen LogP contribution < -0.4 is 20.7 Å². The number of unbranched alkanes of at least 4 members (excludes halogenated alkanes) is 4. The van der Waals surface area contributed by atoms with Crippen molar-refractivity contribution in [2.45, 2.75) is 91.4 Å². The molecule has 0 unspecified atom stereocenters. The summed E-state index contributed by atoms with van der Waals surface area (Å²) in [4.78, 5) is 26.0. The lowest BCUT2D eigenvalue weighted by Gasteiger charge is -2.28. The van der Waals surface area contributed by atoms with Crippen molar-refractivity contribution < 1.29 is 19.4 Å². The summed E-state index contributed by atoms with van der Waals surface area (Å²) >= 11 is 0. The number of carbonyl (C=O) groups excluding carboxylic acids is 2. The Morgan fingerprint density at radius 3 is 1.97 bits per heavy atom. The van der Waals surface area contributed by atoms with Crippen molar-refractivity contribution in [1.82, 2.24) is 5.32 Å². The van der Waals surface area contributed by atoms with E-state index in [1.54, 1.807) is 37.4 Å². The maximum absolute atomic E-state index is 13.5. The number of urea groups is 1. The number of benzene rings is 2. The zero-order valence-electron chi connectivity index (χ0n) is 23.8. The molecule has 0 atom stereocenters. The third-order valence-corrected chi connectivity index (χ3v) is 6.28. The molecule has 0 heterocycles. The molecule has 7 heteroatoms. The summed E-state index contributed by atoms with van der Waals surface area (Å²) in [5.74, 6) is 0.420. The minimum absolute atomic E-state index is 0.214. The Morgan fingerprint density at radius 2 is 1.43 bits per heavy atom. The fourth-order valence-corrected chi connectivity index (χ4v) is 4.06. The number of nitrogens with one attached hydrogen (secondary N) is 3. The Kier molecular flexibility index (Phi) is 10.4. The van der Waals surface area contributed by atoms with Crippen LogP contribution in [0.5, 0.6) is 11.5 Å². The van der Waals surface area contributed by atoms with E-state index < -0.39 is 0 Å². The average Bonchev–Trinajstić information content (AvgIpc) is 2.80. The molecule has 2 aromatic rings. The molecule has 3 amide bonds. The largest absolute Gasteiger partial charge is 0.507 e. The zero-order chi connectivity index (χ0) is 27.8. The van der Waals surface area contributed by atoms with Crippen molar-refractivity contribution in [3.63, 3.8) is 0 Å². The lowest BCUT2D eigenvalue weighted by molar-refractivity contribution is 0.102. The van der Waals surface area contributed by atoms with E-state index >= 15 is 0 Å². The molecule has 0 aliphatic rings. The van der Waals surface area contributed by atoms with Gasteiger partial charge in [0.25, 0.3) is 5.91 Å². The Morgan fingerprint density at radius 1 is 0.838 bits per heavy atom. The highest BCUT2D eigenvalue weighted by molar-refractivity contribution is 6.07. The molecule has 0 saturated carbocycles. The van der Waals surface area contributed by atoms with Gasteiger partial charge in [-0.25, -0.2) is 4.79 Å².